The third-order valence-electron chi connectivity index (χ3n) is 3.16. The van der Waals surface area contributed by atoms with Crippen LogP contribution < -0.4 is 5.32 Å². The van der Waals surface area contributed by atoms with E-state index in [-0.39, 0.29) is 0 Å². The van der Waals surface area contributed by atoms with Crippen LogP contribution >= 0.6 is 0 Å². The van der Waals surface area contributed by atoms with E-state index in [1.807, 2.05) is 0 Å². The molecule has 1 unspecified atom stereocenters. The minimum atomic E-state index is 1.04. The van der Waals surface area contributed by atoms with Crippen LogP contribution in [-0.2, 0) is 0 Å². The molecule has 1 saturated heterocycles. The lowest BCUT2D eigenvalue weighted by atomic mass is 9.76. The van der Waals surface area contributed by atoms with Crippen molar-refractivity contribution in [2.45, 2.75) is 32.1 Å². The number of hydrogen-bond donors (Lipinski definition) is 1. The second-order valence-corrected chi connectivity index (χ2v) is 3.80. The molecule has 2 fully saturated rings. The summed E-state index contributed by atoms with van der Waals surface area (Å²) in [5, 5.41) is 3.48. The van der Waals surface area contributed by atoms with Gasteiger partial charge in [-0.2, -0.15) is 0 Å². The van der Waals surface area contributed by atoms with Crippen molar-refractivity contribution in [2.75, 3.05) is 13.1 Å². The van der Waals surface area contributed by atoms with Gasteiger partial charge in [0.25, 0.3) is 0 Å². The van der Waals surface area contributed by atoms with Gasteiger partial charge in [0.2, 0.25) is 0 Å². The fourth-order valence-corrected chi connectivity index (χ4v) is 2.51. The second-order valence-electron chi connectivity index (χ2n) is 3.80. The third kappa shape index (κ3) is 1.20. The average molecular weight is 139 g/mol. The summed E-state index contributed by atoms with van der Waals surface area (Å²) < 4.78 is 0. The Bertz CT molecular complexity index is 85.3. The summed E-state index contributed by atoms with van der Waals surface area (Å²) in [6.07, 6.45) is 7.46. The first kappa shape index (κ1) is 6.66. The molecule has 0 amide bonds. The minimum absolute atomic E-state index is 1.04. The molecule has 1 heteroatoms. The van der Waals surface area contributed by atoms with Crippen LogP contribution in [0.1, 0.15) is 32.1 Å². The highest BCUT2D eigenvalue weighted by Gasteiger charge is 2.26. The first-order valence-corrected chi connectivity index (χ1v) is 4.67. The van der Waals surface area contributed by atoms with Gasteiger partial charge < -0.3 is 5.32 Å². The van der Waals surface area contributed by atoms with E-state index in [1.54, 1.807) is 0 Å². The summed E-state index contributed by atoms with van der Waals surface area (Å²) in [5.74, 6) is 2.14. The predicted molar refractivity (Wildman–Crippen MR) is 42.9 cm³/mol. The molecule has 58 valence electrons. The quantitative estimate of drug-likeness (QED) is 0.539. The Hall–Kier alpha value is -0.0400. The third-order valence-corrected chi connectivity index (χ3v) is 3.16. The van der Waals surface area contributed by atoms with Crippen LogP contribution in [0.15, 0.2) is 0 Å². The molecule has 0 spiro atoms. The lowest BCUT2D eigenvalue weighted by Crippen LogP contribution is -2.38. The largest absolute Gasteiger partial charge is 0.316 e. The Labute approximate surface area is 63.2 Å². The molecular weight excluding hydrogens is 122 g/mol. The zero-order valence-corrected chi connectivity index (χ0v) is 6.60. The highest BCUT2D eigenvalue weighted by atomic mass is 14.9. The number of rotatable bonds is 0. The van der Waals surface area contributed by atoms with Crippen LogP contribution in [0.5, 0.6) is 0 Å². The zero-order chi connectivity index (χ0) is 6.81. The van der Waals surface area contributed by atoms with E-state index in [1.165, 1.54) is 45.2 Å². The van der Waals surface area contributed by atoms with Crippen molar-refractivity contribution >= 4 is 0 Å². The van der Waals surface area contributed by atoms with Gasteiger partial charge in [0, 0.05) is 0 Å². The summed E-state index contributed by atoms with van der Waals surface area (Å²) in [5.41, 5.74) is 0. The maximum absolute atomic E-state index is 3.48. The Morgan fingerprint density at radius 1 is 0.900 bits per heavy atom. The Morgan fingerprint density at radius 3 is 2.50 bits per heavy atom. The van der Waals surface area contributed by atoms with Crippen LogP contribution in [0, 0.1) is 11.8 Å². The Morgan fingerprint density at radius 2 is 1.70 bits per heavy atom. The summed E-state index contributed by atoms with van der Waals surface area (Å²) in [7, 11) is 0. The van der Waals surface area contributed by atoms with Gasteiger partial charge in [-0.25, -0.2) is 0 Å². The number of fused-ring (bicyclic) bond motifs is 1. The Kier molecular flexibility index (Phi) is 1.94. The molecule has 1 nitrogen and oxygen atoms in total. The molecule has 0 aromatic rings. The van der Waals surface area contributed by atoms with Gasteiger partial charge in [0.05, 0.1) is 0 Å². The molecule has 2 aliphatic rings. The predicted octanol–water partition coefficient (Wildman–Crippen LogP) is 1.79. The van der Waals surface area contributed by atoms with Crippen molar-refractivity contribution in [2.24, 2.45) is 11.8 Å². The van der Waals surface area contributed by atoms with E-state index in [9.17, 15) is 0 Å². The smallest absolute Gasteiger partial charge is 0.00179 e. The molecule has 0 aromatic heterocycles. The van der Waals surface area contributed by atoms with Crippen LogP contribution in [-0.4, -0.2) is 13.1 Å². The first-order valence-electron chi connectivity index (χ1n) is 4.67. The summed E-state index contributed by atoms with van der Waals surface area (Å²) in [6.45, 7) is 2.59. The van der Waals surface area contributed by atoms with Crippen LogP contribution in [0.25, 0.3) is 0 Å². The van der Waals surface area contributed by atoms with Crippen LogP contribution in [0.3, 0.4) is 0 Å². The van der Waals surface area contributed by atoms with Crippen molar-refractivity contribution in [3.05, 3.63) is 0 Å². The maximum Gasteiger partial charge on any atom is -0.00179 e. The molecule has 2 rings (SSSR count). The highest BCUT2D eigenvalue weighted by Crippen LogP contribution is 2.33. The van der Waals surface area contributed by atoms with E-state index < -0.39 is 0 Å². The average Bonchev–Trinajstić information content (AvgIpc) is 2.05. The fraction of sp³-hybridized carbons (Fsp3) is 1.00. The fourth-order valence-electron chi connectivity index (χ4n) is 2.51. The second kappa shape index (κ2) is 2.91. The Balaban J connectivity index is 1.93. The normalized spacial score (nSPS) is 40.8. The topological polar surface area (TPSA) is 12.0 Å². The van der Waals surface area contributed by atoms with Crippen LogP contribution in [0.4, 0.5) is 0 Å². The molecule has 10 heavy (non-hydrogen) atoms. The summed E-state index contributed by atoms with van der Waals surface area (Å²) in [4.78, 5) is 0. The van der Waals surface area contributed by atoms with Crippen LogP contribution in [0.2, 0.25) is 0 Å². The molecule has 0 radical (unpaired) electrons. The van der Waals surface area contributed by atoms with Gasteiger partial charge in [-0.05, 0) is 37.8 Å². The van der Waals surface area contributed by atoms with Crippen molar-refractivity contribution in [3.8, 4) is 0 Å². The lowest BCUT2D eigenvalue weighted by Gasteiger charge is -2.35. The SMILES string of the molecule is C1CC[C@@H]2CNCCC2C1. The van der Waals surface area contributed by atoms with Crippen molar-refractivity contribution in [1.82, 2.24) is 5.32 Å². The van der Waals surface area contributed by atoms with Crippen molar-refractivity contribution in [3.63, 3.8) is 0 Å². The monoisotopic (exact) mass is 139 g/mol. The van der Waals surface area contributed by atoms with E-state index >= 15 is 0 Å². The van der Waals surface area contributed by atoms with E-state index in [2.05, 4.69) is 5.32 Å². The molecular formula is C9H17N. The molecule has 1 aliphatic carbocycles. The zero-order valence-electron chi connectivity index (χ0n) is 6.60. The summed E-state index contributed by atoms with van der Waals surface area (Å²) in [6, 6.07) is 0. The molecule has 1 heterocycles. The van der Waals surface area contributed by atoms with E-state index in [0.717, 1.165) is 11.8 Å². The standard InChI is InChI=1S/C9H17N/c1-2-4-9-7-10-6-5-8(9)3-1/h8-10H,1-7H2/t8?,9-/m1/s1. The minimum Gasteiger partial charge on any atom is -0.316 e. The number of hydrogen-bond acceptors (Lipinski definition) is 1. The molecule has 0 aromatic carbocycles. The van der Waals surface area contributed by atoms with Gasteiger partial charge in [0.1, 0.15) is 0 Å². The maximum atomic E-state index is 3.48. The number of nitrogens with one attached hydrogen (secondary N) is 1. The molecule has 2 atom stereocenters. The number of piperidine rings is 1. The molecule has 1 aliphatic heterocycles. The molecule has 1 saturated carbocycles. The van der Waals surface area contributed by atoms with E-state index in [0.29, 0.717) is 0 Å². The van der Waals surface area contributed by atoms with E-state index in [4.69, 9.17) is 0 Å². The van der Waals surface area contributed by atoms with Gasteiger partial charge in [-0.15, -0.1) is 0 Å². The van der Waals surface area contributed by atoms with Gasteiger partial charge in [0.15, 0.2) is 0 Å². The van der Waals surface area contributed by atoms with Gasteiger partial charge >= 0.3 is 0 Å². The first-order chi connectivity index (χ1) is 4.97. The summed E-state index contributed by atoms with van der Waals surface area (Å²) >= 11 is 0. The van der Waals surface area contributed by atoms with Gasteiger partial charge in [-0.3, -0.25) is 0 Å². The molecule has 0 bridgehead atoms. The van der Waals surface area contributed by atoms with Crippen molar-refractivity contribution in [1.29, 1.82) is 0 Å². The highest BCUT2D eigenvalue weighted by molar-refractivity contribution is 4.81. The van der Waals surface area contributed by atoms with Crippen molar-refractivity contribution < 1.29 is 0 Å². The molecule has 1 N–H and O–H groups in total. The van der Waals surface area contributed by atoms with Gasteiger partial charge in [-0.1, -0.05) is 19.3 Å². The lowest BCUT2D eigenvalue weighted by molar-refractivity contribution is 0.185.